The van der Waals surface area contributed by atoms with Gasteiger partial charge in [-0.25, -0.2) is 9.97 Å². The molecule has 0 fully saturated rings. The molecule has 1 heterocycles. The number of nitrogen functional groups attached to an aromatic ring is 1. The highest BCUT2D eigenvalue weighted by molar-refractivity contribution is 6.32. The first kappa shape index (κ1) is 14.0. The van der Waals surface area contributed by atoms with Gasteiger partial charge in [0, 0.05) is 6.54 Å². The van der Waals surface area contributed by atoms with Crippen molar-refractivity contribution in [2.45, 2.75) is 33.3 Å². The zero-order valence-electron chi connectivity index (χ0n) is 10.4. The number of aromatic nitrogens is 2. The van der Waals surface area contributed by atoms with Crippen molar-refractivity contribution in [3.8, 4) is 0 Å². The van der Waals surface area contributed by atoms with Gasteiger partial charge in [0.1, 0.15) is 12.0 Å². The SMILES string of the molecule is CC(C)(C)CC(O)CNc1ncnc(Cl)c1N. The maximum atomic E-state index is 9.83. The lowest BCUT2D eigenvalue weighted by molar-refractivity contribution is 0.132. The monoisotopic (exact) mass is 258 g/mol. The van der Waals surface area contributed by atoms with Crippen molar-refractivity contribution in [1.82, 2.24) is 9.97 Å². The van der Waals surface area contributed by atoms with Crippen LogP contribution in [0.4, 0.5) is 11.5 Å². The van der Waals surface area contributed by atoms with Crippen LogP contribution >= 0.6 is 11.6 Å². The highest BCUT2D eigenvalue weighted by Crippen LogP contribution is 2.23. The summed E-state index contributed by atoms with van der Waals surface area (Å²) in [6.45, 7) is 6.61. The molecule has 1 rings (SSSR count). The minimum absolute atomic E-state index is 0.0793. The Kier molecular flexibility index (Phi) is 4.54. The molecular formula is C11H19ClN4O. The van der Waals surface area contributed by atoms with Gasteiger partial charge in [0.2, 0.25) is 0 Å². The molecule has 1 aromatic heterocycles. The molecule has 96 valence electrons. The Hall–Kier alpha value is -1.07. The van der Waals surface area contributed by atoms with Crippen LogP contribution in [0.1, 0.15) is 27.2 Å². The number of nitrogens with one attached hydrogen (secondary N) is 1. The summed E-state index contributed by atoms with van der Waals surface area (Å²) in [6.07, 6.45) is 1.57. The second-order valence-electron chi connectivity index (χ2n) is 5.23. The van der Waals surface area contributed by atoms with Gasteiger partial charge in [-0.15, -0.1) is 0 Å². The number of hydrogen-bond donors (Lipinski definition) is 3. The quantitative estimate of drug-likeness (QED) is 0.719. The van der Waals surface area contributed by atoms with Crippen LogP contribution in [0.3, 0.4) is 0 Å². The van der Waals surface area contributed by atoms with E-state index in [4.69, 9.17) is 17.3 Å². The average Bonchev–Trinajstić information content (AvgIpc) is 2.18. The van der Waals surface area contributed by atoms with Crippen LogP contribution in [-0.2, 0) is 0 Å². The fourth-order valence-corrected chi connectivity index (χ4v) is 1.64. The molecule has 0 spiro atoms. The van der Waals surface area contributed by atoms with Crippen molar-refractivity contribution in [1.29, 1.82) is 0 Å². The molecule has 1 atom stereocenters. The first-order valence-corrected chi connectivity index (χ1v) is 5.85. The van der Waals surface area contributed by atoms with Gasteiger partial charge in [0.15, 0.2) is 11.0 Å². The highest BCUT2D eigenvalue weighted by atomic mass is 35.5. The Morgan fingerprint density at radius 2 is 2.12 bits per heavy atom. The van der Waals surface area contributed by atoms with Gasteiger partial charge in [0.05, 0.1) is 6.10 Å². The lowest BCUT2D eigenvalue weighted by Gasteiger charge is -2.22. The van der Waals surface area contributed by atoms with Crippen molar-refractivity contribution >= 4 is 23.1 Å². The third-order valence-electron chi connectivity index (χ3n) is 2.19. The first-order valence-electron chi connectivity index (χ1n) is 5.47. The van der Waals surface area contributed by atoms with E-state index >= 15 is 0 Å². The fourth-order valence-electron chi connectivity index (χ4n) is 1.51. The van der Waals surface area contributed by atoms with Gasteiger partial charge in [-0.1, -0.05) is 32.4 Å². The van der Waals surface area contributed by atoms with Gasteiger partial charge < -0.3 is 16.2 Å². The van der Waals surface area contributed by atoms with E-state index in [0.29, 0.717) is 24.5 Å². The van der Waals surface area contributed by atoms with Crippen LogP contribution in [0.5, 0.6) is 0 Å². The second kappa shape index (κ2) is 5.51. The highest BCUT2D eigenvalue weighted by Gasteiger charge is 2.17. The molecule has 1 aromatic rings. The largest absolute Gasteiger partial charge is 0.393 e. The second-order valence-corrected chi connectivity index (χ2v) is 5.58. The number of nitrogens with two attached hydrogens (primary N) is 1. The Bertz CT molecular complexity index is 378. The van der Waals surface area contributed by atoms with Crippen LogP contribution in [0, 0.1) is 5.41 Å². The molecule has 0 aliphatic rings. The summed E-state index contributed by atoms with van der Waals surface area (Å²) in [6, 6.07) is 0. The molecule has 0 bridgehead atoms. The fraction of sp³-hybridized carbons (Fsp3) is 0.636. The summed E-state index contributed by atoms with van der Waals surface area (Å²) < 4.78 is 0. The molecule has 4 N–H and O–H groups in total. The van der Waals surface area contributed by atoms with Crippen LogP contribution < -0.4 is 11.1 Å². The maximum Gasteiger partial charge on any atom is 0.157 e. The third kappa shape index (κ3) is 4.75. The Morgan fingerprint density at radius 1 is 1.47 bits per heavy atom. The van der Waals surface area contributed by atoms with Crippen LogP contribution in [0.2, 0.25) is 5.15 Å². The predicted molar refractivity (Wildman–Crippen MR) is 70.0 cm³/mol. The van der Waals surface area contributed by atoms with E-state index < -0.39 is 6.10 Å². The number of hydrogen-bond acceptors (Lipinski definition) is 5. The Balaban J connectivity index is 2.53. The standard InChI is InChI=1S/C11H19ClN4O/c1-11(2,3)4-7(17)5-14-10-8(13)9(12)15-6-16-10/h6-7,17H,4-5,13H2,1-3H3,(H,14,15,16). The zero-order chi connectivity index (χ0) is 13.1. The zero-order valence-corrected chi connectivity index (χ0v) is 11.1. The third-order valence-corrected chi connectivity index (χ3v) is 2.49. The molecular weight excluding hydrogens is 240 g/mol. The molecule has 0 aliphatic carbocycles. The minimum Gasteiger partial charge on any atom is -0.393 e. The summed E-state index contributed by atoms with van der Waals surface area (Å²) in [5, 5.41) is 13.0. The summed E-state index contributed by atoms with van der Waals surface area (Å²) >= 11 is 5.76. The minimum atomic E-state index is -0.455. The Morgan fingerprint density at radius 3 is 2.71 bits per heavy atom. The van der Waals surface area contributed by atoms with E-state index in [1.165, 1.54) is 6.33 Å². The molecule has 0 amide bonds. The maximum absolute atomic E-state index is 9.83. The first-order chi connectivity index (χ1) is 7.79. The van der Waals surface area contributed by atoms with Crippen molar-refractivity contribution in [2.24, 2.45) is 5.41 Å². The van der Waals surface area contributed by atoms with Gasteiger partial charge in [-0.3, -0.25) is 0 Å². The van der Waals surface area contributed by atoms with Crippen molar-refractivity contribution in [3.05, 3.63) is 11.5 Å². The molecule has 1 unspecified atom stereocenters. The number of halogens is 1. The molecule has 6 heteroatoms. The average molecular weight is 259 g/mol. The van der Waals surface area contributed by atoms with Gasteiger partial charge in [-0.2, -0.15) is 0 Å². The normalized spacial score (nSPS) is 13.5. The molecule has 0 radical (unpaired) electrons. The number of aliphatic hydroxyl groups excluding tert-OH is 1. The summed E-state index contributed by atoms with van der Waals surface area (Å²) in [7, 11) is 0. The van der Waals surface area contributed by atoms with Crippen LogP contribution in [-0.4, -0.2) is 27.7 Å². The van der Waals surface area contributed by atoms with E-state index in [1.54, 1.807) is 0 Å². The van der Waals surface area contributed by atoms with E-state index in [0.717, 1.165) is 0 Å². The lowest BCUT2D eigenvalue weighted by atomic mass is 9.89. The van der Waals surface area contributed by atoms with Crippen molar-refractivity contribution < 1.29 is 5.11 Å². The molecule has 5 nitrogen and oxygen atoms in total. The van der Waals surface area contributed by atoms with E-state index in [1.807, 2.05) is 0 Å². The number of aliphatic hydroxyl groups is 1. The lowest BCUT2D eigenvalue weighted by Crippen LogP contribution is -2.25. The molecule has 0 aliphatic heterocycles. The van der Waals surface area contributed by atoms with Crippen LogP contribution in [0.25, 0.3) is 0 Å². The van der Waals surface area contributed by atoms with Crippen molar-refractivity contribution in [2.75, 3.05) is 17.6 Å². The summed E-state index contributed by atoms with van der Waals surface area (Å²) in [5.41, 5.74) is 6.08. The number of rotatable bonds is 4. The smallest absolute Gasteiger partial charge is 0.157 e. The number of nitrogens with zero attached hydrogens (tertiary/aromatic N) is 2. The predicted octanol–water partition coefficient (Wildman–Crippen LogP) is 1.92. The number of anilines is 2. The van der Waals surface area contributed by atoms with E-state index in [-0.39, 0.29) is 10.6 Å². The van der Waals surface area contributed by atoms with Crippen molar-refractivity contribution in [3.63, 3.8) is 0 Å². The van der Waals surface area contributed by atoms with Gasteiger partial charge in [0.25, 0.3) is 0 Å². The van der Waals surface area contributed by atoms with E-state index in [2.05, 4.69) is 36.1 Å². The van der Waals surface area contributed by atoms with E-state index in [9.17, 15) is 5.11 Å². The van der Waals surface area contributed by atoms with Gasteiger partial charge in [-0.05, 0) is 11.8 Å². The van der Waals surface area contributed by atoms with Gasteiger partial charge >= 0.3 is 0 Å². The molecule has 0 saturated heterocycles. The Labute approximate surface area is 106 Å². The topological polar surface area (TPSA) is 84.1 Å². The molecule has 0 saturated carbocycles. The van der Waals surface area contributed by atoms with Crippen LogP contribution in [0.15, 0.2) is 6.33 Å². The molecule has 17 heavy (non-hydrogen) atoms. The molecule has 0 aromatic carbocycles. The summed E-state index contributed by atoms with van der Waals surface area (Å²) in [5.74, 6) is 0.456. The summed E-state index contributed by atoms with van der Waals surface area (Å²) in [4.78, 5) is 7.72.